The summed E-state index contributed by atoms with van der Waals surface area (Å²) in [5, 5.41) is 3.52. The number of fused-ring (bicyclic) bond motifs is 3. The SMILES string of the molecule is COC(=O)C1(NCC2CCCO2)CN2CCC1CC2. The van der Waals surface area contributed by atoms with Crippen LogP contribution in [0.25, 0.3) is 0 Å². The van der Waals surface area contributed by atoms with Crippen LogP contribution < -0.4 is 5.32 Å². The Bertz CT molecular complexity index is 336. The molecule has 0 saturated carbocycles. The van der Waals surface area contributed by atoms with Crippen LogP contribution in [0.3, 0.4) is 0 Å². The minimum absolute atomic E-state index is 0.0973. The van der Waals surface area contributed by atoms with Crippen molar-refractivity contribution in [3.63, 3.8) is 0 Å². The molecule has 0 aromatic rings. The summed E-state index contributed by atoms with van der Waals surface area (Å²) in [5.74, 6) is 0.311. The number of carbonyl (C=O) groups is 1. The van der Waals surface area contributed by atoms with Gasteiger partial charge in [0.1, 0.15) is 5.54 Å². The number of ether oxygens (including phenoxy) is 2. The minimum Gasteiger partial charge on any atom is -0.468 e. The van der Waals surface area contributed by atoms with Gasteiger partial charge in [0, 0.05) is 19.7 Å². The zero-order chi connectivity index (χ0) is 13.3. The molecule has 19 heavy (non-hydrogen) atoms. The molecule has 2 unspecified atom stereocenters. The van der Waals surface area contributed by atoms with Crippen molar-refractivity contribution in [2.24, 2.45) is 5.92 Å². The topological polar surface area (TPSA) is 50.8 Å². The first-order chi connectivity index (χ1) is 9.24. The Morgan fingerprint density at radius 1 is 1.42 bits per heavy atom. The summed E-state index contributed by atoms with van der Waals surface area (Å²) in [5.41, 5.74) is -0.503. The minimum atomic E-state index is -0.503. The predicted molar refractivity (Wildman–Crippen MR) is 70.9 cm³/mol. The van der Waals surface area contributed by atoms with Crippen LogP contribution in [0.1, 0.15) is 25.7 Å². The van der Waals surface area contributed by atoms with Crippen LogP contribution in [0.2, 0.25) is 0 Å². The quantitative estimate of drug-likeness (QED) is 0.748. The molecule has 5 heteroatoms. The maximum absolute atomic E-state index is 12.3. The molecule has 1 N–H and O–H groups in total. The van der Waals surface area contributed by atoms with Gasteiger partial charge in [-0.15, -0.1) is 0 Å². The molecule has 4 saturated heterocycles. The van der Waals surface area contributed by atoms with Gasteiger partial charge in [-0.25, -0.2) is 4.79 Å². The number of rotatable bonds is 4. The van der Waals surface area contributed by atoms with Gasteiger partial charge < -0.3 is 14.4 Å². The average Bonchev–Trinajstić information content (AvgIpc) is 2.99. The van der Waals surface area contributed by atoms with Gasteiger partial charge in [-0.05, 0) is 44.7 Å². The summed E-state index contributed by atoms with van der Waals surface area (Å²) in [7, 11) is 1.50. The van der Waals surface area contributed by atoms with E-state index in [-0.39, 0.29) is 12.1 Å². The monoisotopic (exact) mass is 268 g/mol. The van der Waals surface area contributed by atoms with E-state index >= 15 is 0 Å². The van der Waals surface area contributed by atoms with Crippen LogP contribution in [0, 0.1) is 5.92 Å². The third kappa shape index (κ3) is 2.39. The van der Waals surface area contributed by atoms with Gasteiger partial charge in [0.2, 0.25) is 0 Å². The molecule has 0 spiro atoms. The Labute approximate surface area is 114 Å². The molecule has 2 atom stereocenters. The van der Waals surface area contributed by atoms with Crippen molar-refractivity contribution in [3.05, 3.63) is 0 Å². The highest BCUT2D eigenvalue weighted by atomic mass is 16.5. The second-order valence-electron chi connectivity index (χ2n) is 6.03. The Balaban J connectivity index is 1.71. The number of nitrogens with zero attached hydrogens (tertiary/aromatic N) is 1. The van der Waals surface area contributed by atoms with Crippen LogP contribution >= 0.6 is 0 Å². The van der Waals surface area contributed by atoms with Gasteiger partial charge in [-0.3, -0.25) is 5.32 Å². The van der Waals surface area contributed by atoms with Crippen molar-refractivity contribution >= 4 is 5.97 Å². The summed E-state index contributed by atoms with van der Waals surface area (Å²) in [6.45, 7) is 4.64. The first-order valence-corrected chi connectivity index (χ1v) is 7.42. The molecule has 4 fully saturated rings. The summed E-state index contributed by atoms with van der Waals surface area (Å²) >= 11 is 0. The van der Waals surface area contributed by atoms with Crippen LogP contribution in [0.4, 0.5) is 0 Å². The van der Waals surface area contributed by atoms with Gasteiger partial charge in [-0.2, -0.15) is 0 Å². The second-order valence-corrected chi connectivity index (χ2v) is 6.03. The second kappa shape index (κ2) is 5.38. The van der Waals surface area contributed by atoms with E-state index in [1.54, 1.807) is 0 Å². The lowest BCUT2D eigenvalue weighted by atomic mass is 9.72. The van der Waals surface area contributed by atoms with E-state index in [0.29, 0.717) is 5.92 Å². The van der Waals surface area contributed by atoms with Crippen molar-refractivity contribution in [1.29, 1.82) is 0 Å². The molecular weight excluding hydrogens is 244 g/mol. The van der Waals surface area contributed by atoms with Crippen molar-refractivity contribution < 1.29 is 14.3 Å². The third-order valence-electron chi connectivity index (χ3n) is 4.98. The van der Waals surface area contributed by atoms with Gasteiger partial charge in [0.15, 0.2) is 0 Å². The Morgan fingerprint density at radius 2 is 2.21 bits per heavy atom. The van der Waals surface area contributed by atoms with Crippen molar-refractivity contribution in [1.82, 2.24) is 10.2 Å². The van der Waals surface area contributed by atoms with Crippen molar-refractivity contribution in [3.8, 4) is 0 Å². The average molecular weight is 268 g/mol. The summed E-state index contributed by atoms with van der Waals surface area (Å²) in [4.78, 5) is 14.7. The fourth-order valence-corrected chi connectivity index (χ4v) is 3.85. The highest BCUT2D eigenvalue weighted by Crippen LogP contribution is 2.36. The van der Waals surface area contributed by atoms with E-state index in [2.05, 4.69) is 10.2 Å². The molecule has 0 aromatic heterocycles. The number of hydrogen-bond donors (Lipinski definition) is 1. The van der Waals surface area contributed by atoms with E-state index in [9.17, 15) is 4.79 Å². The zero-order valence-corrected chi connectivity index (χ0v) is 11.7. The predicted octanol–water partition coefficient (Wildman–Crippen LogP) is 0.392. The first-order valence-electron chi connectivity index (χ1n) is 7.42. The van der Waals surface area contributed by atoms with Crippen molar-refractivity contribution in [2.45, 2.75) is 37.3 Å². The molecule has 0 radical (unpaired) electrons. The number of carbonyl (C=O) groups excluding carboxylic acids is 1. The lowest BCUT2D eigenvalue weighted by Crippen LogP contribution is -2.70. The zero-order valence-electron chi connectivity index (χ0n) is 11.7. The maximum atomic E-state index is 12.3. The molecule has 4 aliphatic heterocycles. The molecule has 4 aliphatic rings. The summed E-state index contributed by atoms with van der Waals surface area (Å²) in [6.07, 6.45) is 4.67. The Morgan fingerprint density at radius 3 is 2.74 bits per heavy atom. The number of piperidine rings is 3. The van der Waals surface area contributed by atoms with Crippen LogP contribution in [0.5, 0.6) is 0 Å². The first kappa shape index (κ1) is 13.3. The van der Waals surface area contributed by atoms with Crippen LogP contribution in [-0.4, -0.2) is 62.4 Å². The Kier molecular flexibility index (Phi) is 3.78. The fourth-order valence-electron chi connectivity index (χ4n) is 3.85. The number of nitrogens with one attached hydrogen (secondary N) is 1. The number of methoxy groups -OCH3 is 1. The van der Waals surface area contributed by atoms with E-state index in [4.69, 9.17) is 9.47 Å². The molecule has 0 aliphatic carbocycles. The molecule has 4 heterocycles. The molecule has 0 amide bonds. The normalized spacial score (nSPS) is 41.4. The highest BCUT2D eigenvalue weighted by Gasteiger charge is 2.52. The largest absolute Gasteiger partial charge is 0.468 e. The van der Waals surface area contributed by atoms with E-state index < -0.39 is 5.54 Å². The lowest BCUT2D eigenvalue weighted by Gasteiger charge is -2.51. The van der Waals surface area contributed by atoms with Crippen LogP contribution in [-0.2, 0) is 14.3 Å². The fraction of sp³-hybridized carbons (Fsp3) is 0.929. The molecule has 0 aromatic carbocycles. The number of esters is 1. The molecule has 2 bridgehead atoms. The van der Waals surface area contributed by atoms with Gasteiger partial charge in [0.05, 0.1) is 13.2 Å². The third-order valence-corrected chi connectivity index (χ3v) is 4.98. The number of hydrogen-bond acceptors (Lipinski definition) is 5. The van der Waals surface area contributed by atoms with Crippen molar-refractivity contribution in [2.75, 3.05) is 39.9 Å². The van der Waals surface area contributed by atoms with Gasteiger partial charge in [-0.1, -0.05) is 0 Å². The smallest absolute Gasteiger partial charge is 0.327 e. The summed E-state index contributed by atoms with van der Waals surface area (Å²) < 4.78 is 10.7. The Hall–Kier alpha value is -0.650. The van der Waals surface area contributed by atoms with Gasteiger partial charge in [0.25, 0.3) is 0 Å². The summed E-state index contributed by atoms with van der Waals surface area (Å²) in [6, 6.07) is 0. The molecule has 4 rings (SSSR count). The van der Waals surface area contributed by atoms with E-state index in [1.165, 1.54) is 7.11 Å². The molecule has 108 valence electrons. The van der Waals surface area contributed by atoms with E-state index in [1.807, 2.05) is 0 Å². The molecule has 5 nitrogen and oxygen atoms in total. The molecular formula is C14H24N2O3. The standard InChI is InChI=1S/C14H24N2O3/c1-18-13(17)14(15-9-12-3-2-8-19-12)10-16-6-4-11(14)5-7-16/h11-12,15H,2-10H2,1H3. The maximum Gasteiger partial charge on any atom is 0.327 e. The van der Waals surface area contributed by atoms with Gasteiger partial charge >= 0.3 is 5.97 Å². The van der Waals surface area contributed by atoms with E-state index in [0.717, 1.165) is 58.5 Å². The lowest BCUT2D eigenvalue weighted by molar-refractivity contribution is -0.158. The van der Waals surface area contributed by atoms with Crippen LogP contribution in [0.15, 0.2) is 0 Å². The highest BCUT2D eigenvalue weighted by molar-refractivity contribution is 5.82.